The van der Waals surface area contributed by atoms with E-state index in [4.69, 9.17) is 5.73 Å². The first-order valence-corrected chi connectivity index (χ1v) is 10.4. The number of aryl methyl sites for hydroxylation is 2. The van der Waals surface area contributed by atoms with E-state index in [9.17, 15) is 4.79 Å². The number of nitrogens with zero attached hydrogens (tertiary/aromatic N) is 4. The first kappa shape index (κ1) is 27.0. The standard InChI is InChI=1S/C25H29N6O.K/c1-15-10-7-8-13-19(15)31-20(14-18-12-9-11-16(2)21(18)25(31)32)17(3)30-23(26)22(27-4)24(28-5)29-6;/h7-14,17H,4H2,1-3,5-6H3,(H3-,26,28,29,30);/q-1;+1. The largest absolute Gasteiger partial charge is 1.00 e. The zero-order valence-corrected chi connectivity index (χ0v) is 23.3. The molecule has 3 N–H and O–H groups in total. The molecule has 0 fully saturated rings. The number of aromatic nitrogens is 1. The van der Waals surface area contributed by atoms with E-state index in [1.807, 2.05) is 69.3 Å². The van der Waals surface area contributed by atoms with Gasteiger partial charge < -0.3 is 16.4 Å². The van der Waals surface area contributed by atoms with Crippen LogP contribution in [0.4, 0.5) is 0 Å². The Kier molecular flexibility index (Phi) is 9.63. The van der Waals surface area contributed by atoms with Crippen LogP contribution in [0.2, 0.25) is 0 Å². The van der Waals surface area contributed by atoms with Crippen molar-refractivity contribution in [2.75, 3.05) is 14.1 Å². The third kappa shape index (κ3) is 5.47. The fourth-order valence-corrected chi connectivity index (χ4v) is 3.88. The molecule has 2 aromatic carbocycles. The molecule has 3 aromatic rings. The first-order valence-electron chi connectivity index (χ1n) is 10.4. The molecular formula is C25H29KN6O. The molecule has 8 heteroatoms. The van der Waals surface area contributed by atoms with Gasteiger partial charge in [-0.25, -0.2) is 0 Å². The van der Waals surface area contributed by atoms with Gasteiger partial charge in [-0.1, -0.05) is 50.5 Å². The second-order valence-electron chi connectivity index (χ2n) is 7.55. The van der Waals surface area contributed by atoms with Gasteiger partial charge in [-0.2, -0.15) is 0 Å². The van der Waals surface area contributed by atoms with Gasteiger partial charge in [0.15, 0.2) is 0 Å². The van der Waals surface area contributed by atoms with E-state index in [2.05, 4.69) is 27.3 Å². The van der Waals surface area contributed by atoms with Gasteiger partial charge >= 0.3 is 51.4 Å². The van der Waals surface area contributed by atoms with Gasteiger partial charge in [0, 0.05) is 0 Å². The average molecular weight is 469 g/mol. The zero-order chi connectivity index (χ0) is 23.4. The van der Waals surface area contributed by atoms with Crippen molar-refractivity contribution >= 4 is 23.3 Å². The summed E-state index contributed by atoms with van der Waals surface area (Å²) in [5.41, 5.74) is 10.0. The number of nitrogens with one attached hydrogen (secondary N) is 1. The summed E-state index contributed by atoms with van der Waals surface area (Å²) in [5.74, 6) is 0.675. The fraction of sp³-hybridized carbons (Fsp3) is 0.240. The smallest absolute Gasteiger partial charge is 0.483 e. The molecule has 0 bridgehead atoms. The van der Waals surface area contributed by atoms with Crippen molar-refractivity contribution < 1.29 is 51.4 Å². The molecule has 166 valence electrons. The predicted molar refractivity (Wildman–Crippen MR) is 134 cm³/mol. The summed E-state index contributed by atoms with van der Waals surface area (Å²) < 4.78 is 1.74. The SMILES string of the molecule is C=N/C(C(N)=NC(C)c1cc2cccc(C)c2c(=O)n1-c1ccccc1C)=C(/[N-]C)NC.[K+]. The van der Waals surface area contributed by atoms with Crippen LogP contribution in [0.3, 0.4) is 0 Å². The van der Waals surface area contributed by atoms with Crippen molar-refractivity contribution in [1.82, 2.24) is 9.88 Å². The molecule has 1 atom stereocenters. The molecule has 0 aliphatic carbocycles. The summed E-state index contributed by atoms with van der Waals surface area (Å²) in [6.07, 6.45) is 0. The van der Waals surface area contributed by atoms with Crippen LogP contribution >= 0.6 is 0 Å². The number of hydrogen-bond donors (Lipinski definition) is 2. The van der Waals surface area contributed by atoms with Crippen LogP contribution in [0.25, 0.3) is 21.8 Å². The van der Waals surface area contributed by atoms with Crippen LogP contribution in [-0.2, 0) is 0 Å². The number of benzene rings is 2. The zero-order valence-electron chi connectivity index (χ0n) is 20.2. The Morgan fingerprint density at radius 1 is 1.15 bits per heavy atom. The van der Waals surface area contributed by atoms with Crippen molar-refractivity contribution in [3.05, 3.63) is 92.5 Å². The summed E-state index contributed by atoms with van der Waals surface area (Å²) in [6.45, 7) is 9.44. The van der Waals surface area contributed by atoms with E-state index in [0.29, 0.717) is 16.9 Å². The Hall–Kier alpha value is -2.23. The number of para-hydroxylation sites is 1. The van der Waals surface area contributed by atoms with Gasteiger partial charge in [-0.3, -0.25) is 19.3 Å². The van der Waals surface area contributed by atoms with Crippen LogP contribution < -0.4 is 68.0 Å². The van der Waals surface area contributed by atoms with Gasteiger partial charge in [0.25, 0.3) is 5.56 Å². The Balaban J connectivity index is 0.00000385. The molecule has 0 spiro atoms. The van der Waals surface area contributed by atoms with Gasteiger partial charge in [-0.05, 0) is 62.0 Å². The van der Waals surface area contributed by atoms with Crippen molar-refractivity contribution in [1.29, 1.82) is 0 Å². The van der Waals surface area contributed by atoms with Gasteiger partial charge in [0.1, 0.15) is 11.5 Å². The van der Waals surface area contributed by atoms with Gasteiger partial charge in [0.2, 0.25) is 0 Å². The molecule has 1 heterocycles. The molecule has 33 heavy (non-hydrogen) atoms. The minimum atomic E-state index is -0.432. The molecule has 0 saturated heterocycles. The molecule has 7 nitrogen and oxygen atoms in total. The fourth-order valence-electron chi connectivity index (χ4n) is 3.88. The van der Waals surface area contributed by atoms with E-state index in [0.717, 1.165) is 27.9 Å². The van der Waals surface area contributed by atoms with Crippen LogP contribution in [0, 0.1) is 13.8 Å². The summed E-state index contributed by atoms with van der Waals surface area (Å²) in [4.78, 5) is 22.4. The number of nitrogens with two attached hydrogens (primary N) is 1. The van der Waals surface area contributed by atoms with Crippen LogP contribution in [-0.4, -0.2) is 31.2 Å². The second kappa shape index (κ2) is 11.8. The maximum Gasteiger partial charge on any atom is 1.00 e. The van der Waals surface area contributed by atoms with E-state index in [-0.39, 0.29) is 62.8 Å². The maximum absolute atomic E-state index is 13.7. The number of amidine groups is 1. The molecular weight excluding hydrogens is 439 g/mol. The molecule has 0 amide bonds. The molecule has 0 aliphatic rings. The molecule has 0 saturated carbocycles. The van der Waals surface area contributed by atoms with E-state index in [1.54, 1.807) is 18.7 Å². The van der Waals surface area contributed by atoms with Crippen LogP contribution in [0.15, 0.2) is 74.8 Å². The topological polar surface area (TPSA) is 98.9 Å². The van der Waals surface area contributed by atoms with Crippen molar-refractivity contribution in [3.63, 3.8) is 0 Å². The number of hydrogen-bond acceptors (Lipinski definition) is 4. The van der Waals surface area contributed by atoms with Crippen LogP contribution in [0.1, 0.15) is 29.8 Å². The molecule has 3 rings (SSSR count). The minimum Gasteiger partial charge on any atom is -0.483 e. The number of pyridine rings is 1. The molecule has 1 unspecified atom stereocenters. The van der Waals surface area contributed by atoms with Crippen LogP contribution in [0.5, 0.6) is 0 Å². The summed E-state index contributed by atoms with van der Waals surface area (Å²) >= 11 is 0. The Bertz CT molecular complexity index is 1290. The summed E-state index contributed by atoms with van der Waals surface area (Å²) in [5, 5.41) is 8.64. The minimum absolute atomic E-state index is 0. The van der Waals surface area contributed by atoms with E-state index < -0.39 is 6.04 Å². The van der Waals surface area contributed by atoms with E-state index in [1.165, 1.54) is 0 Å². The van der Waals surface area contributed by atoms with Gasteiger partial charge in [-0.15, -0.1) is 0 Å². The second-order valence-corrected chi connectivity index (χ2v) is 7.55. The molecule has 1 aromatic heterocycles. The Labute approximate surface area is 237 Å². The Morgan fingerprint density at radius 3 is 2.42 bits per heavy atom. The monoisotopic (exact) mass is 468 g/mol. The third-order valence-corrected chi connectivity index (χ3v) is 5.49. The predicted octanol–water partition coefficient (Wildman–Crippen LogP) is 1.12. The number of fused-ring (bicyclic) bond motifs is 1. The Morgan fingerprint density at radius 2 is 1.82 bits per heavy atom. The number of rotatable bonds is 7. The van der Waals surface area contributed by atoms with Crippen molar-refractivity contribution in [2.45, 2.75) is 26.8 Å². The van der Waals surface area contributed by atoms with E-state index >= 15 is 0 Å². The maximum atomic E-state index is 13.7. The van der Waals surface area contributed by atoms with Gasteiger partial charge in [0.05, 0.1) is 22.8 Å². The average Bonchev–Trinajstić information content (AvgIpc) is 2.77. The van der Waals surface area contributed by atoms with Crippen molar-refractivity contribution in [2.24, 2.45) is 15.7 Å². The quantitative estimate of drug-likeness (QED) is 0.309. The molecule has 0 aliphatic heterocycles. The summed E-state index contributed by atoms with van der Waals surface area (Å²) in [7, 11) is 3.36. The summed E-state index contributed by atoms with van der Waals surface area (Å²) in [6, 6.07) is 15.2. The normalized spacial score (nSPS) is 13.1. The number of aliphatic imine (C=N–C) groups is 2. The first-order chi connectivity index (χ1) is 15.3. The van der Waals surface area contributed by atoms with Crippen molar-refractivity contribution in [3.8, 4) is 5.69 Å². The third-order valence-electron chi connectivity index (χ3n) is 5.49. The molecule has 0 radical (unpaired) electrons.